The van der Waals surface area contributed by atoms with E-state index < -0.39 is 0 Å². The average molecular weight is 506 g/mol. The monoisotopic (exact) mass is 505 g/mol. The summed E-state index contributed by atoms with van der Waals surface area (Å²) in [6.07, 6.45) is 3.97. The van der Waals surface area contributed by atoms with Gasteiger partial charge < -0.3 is 4.57 Å². The van der Waals surface area contributed by atoms with E-state index in [1.165, 1.54) is 11.8 Å². The number of anilines is 1. The largest absolute Gasteiger partial charge is 0.350 e. The molecule has 7 heteroatoms. The highest BCUT2D eigenvalue weighted by Gasteiger charge is 2.35. The molecule has 0 atom stereocenters. The number of rotatable bonds is 3. The second-order valence-electron chi connectivity index (χ2n) is 8.23. The number of thioether (sulfide) groups is 1. The molecule has 5 rings (SSSR count). The molecule has 0 radical (unpaired) electrons. The highest BCUT2D eigenvalue weighted by Crippen LogP contribution is 2.39. The summed E-state index contributed by atoms with van der Waals surface area (Å²) in [6.45, 7) is 3.88. The third-order valence-corrected chi connectivity index (χ3v) is 7.60. The summed E-state index contributed by atoms with van der Waals surface area (Å²) in [5.41, 5.74) is 5.36. The first-order chi connectivity index (χ1) is 16.3. The first-order valence-corrected chi connectivity index (χ1v) is 12.3. The maximum Gasteiger partial charge on any atom is 0.271 e. The molecule has 1 aliphatic heterocycles. The fraction of sp³-hybridized carbons (Fsp3) is 0.111. The fourth-order valence-electron chi connectivity index (χ4n) is 3.89. The van der Waals surface area contributed by atoms with Crippen molar-refractivity contribution in [2.45, 2.75) is 13.8 Å². The highest BCUT2D eigenvalue weighted by molar-refractivity contribution is 8.19. The smallest absolute Gasteiger partial charge is 0.271 e. The number of hydrogen-bond acceptors (Lipinski definition) is 3. The molecular formula is C27H21Cl2N3OS. The van der Waals surface area contributed by atoms with E-state index in [0.29, 0.717) is 31.5 Å². The van der Waals surface area contributed by atoms with Crippen LogP contribution in [0.2, 0.25) is 10.0 Å². The molecule has 0 spiro atoms. The topological polar surface area (TPSA) is 37.6 Å². The molecule has 1 saturated heterocycles. The van der Waals surface area contributed by atoms with E-state index >= 15 is 0 Å². The number of benzene rings is 3. The molecule has 1 aromatic heterocycles. The summed E-state index contributed by atoms with van der Waals surface area (Å²) >= 11 is 14.1. The Morgan fingerprint density at radius 3 is 2.38 bits per heavy atom. The molecule has 34 heavy (non-hydrogen) atoms. The van der Waals surface area contributed by atoms with Crippen LogP contribution in [0.5, 0.6) is 0 Å². The molecule has 0 N–H and O–H groups in total. The molecular weight excluding hydrogens is 485 g/mol. The van der Waals surface area contributed by atoms with Crippen LogP contribution in [-0.4, -0.2) is 15.6 Å². The molecule has 0 unspecified atom stereocenters. The van der Waals surface area contributed by atoms with Crippen molar-refractivity contribution in [2.75, 3.05) is 4.90 Å². The van der Waals surface area contributed by atoms with E-state index in [4.69, 9.17) is 28.2 Å². The van der Waals surface area contributed by atoms with Crippen molar-refractivity contribution < 1.29 is 4.79 Å². The third kappa shape index (κ3) is 4.16. The van der Waals surface area contributed by atoms with Gasteiger partial charge in [0.1, 0.15) is 0 Å². The zero-order valence-electron chi connectivity index (χ0n) is 18.8. The lowest BCUT2D eigenvalue weighted by molar-refractivity contribution is -0.113. The van der Waals surface area contributed by atoms with Crippen LogP contribution in [-0.2, 0) is 11.8 Å². The first-order valence-electron chi connectivity index (χ1n) is 10.7. The summed E-state index contributed by atoms with van der Waals surface area (Å²) < 4.78 is 2.06. The van der Waals surface area contributed by atoms with E-state index in [2.05, 4.69) is 16.7 Å². The predicted octanol–water partition coefficient (Wildman–Crippen LogP) is 7.91. The summed E-state index contributed by atoms with van der Waals surface area (Å²) in [5, 5.41) is 2.87. The minimum absolute atomic E-state index is 0.144. The number of aliphatic imine (C=N–C) groups is 1. The van der Waals surface area contributed by atoms with Crippen molar-refractivity contribution in [3.05, 3.63) is 98.5 Å². The molecule has 0 bridgehead atoms. The Labute approximate surface area is 212 Å². The van der Waals surface area contributed by atoms with E-state index in [1.807, 2.05) is 75.6 Å². The van der Waals surface area contributed by atoms with Crippen LogP contribution in [0.1, 0.15) is 16.7 Å². The molecule has 2 heterocycles. The van der Waals surface area contributed by atoms with E-state index in [-0.39, 0.29) is 5.91 Å². The zero-order chi connectivity index (χ0) is 24.0. The highest BCUT2D eigenvalue weighted by atomic mass is 35.5. The fourth-order valence-corrected chi connectivity index (χ4v) is 5.23. The third-order valence-electron chi connectivity index (χ3n) is 5.81. The number of aromatic nitrogens is 1. The SMILES string of the molecule is Cc1ccc(N=C2S/C(=C\c3cn(C)c4ccccc34)C(=O)N2c2ccc(C)c(Cl)c2)cc1Cl. The number of fused-ring (bicyclic) bond motifs is 1. The van der Waals surface area contributed by atoms with Gasteiger partial charge in [-0.2, -0.15) is 0 Å². The van der Waals surface area contributed by atoms with E-state index in [1.54, 1.807) is 11.0 Å². The minimum atomic E-state index is -0.144. The molecule has 4 aromatic rings. The predicted molar refractivity (Wildman–Crippen MR) is 145 cm³/mol. The number of carbonyl (C=O) groups is 1. The van der Waals surface area contributed by atoms with Gasteiger partial charge in [0, 0.05) is 39.8 Å². The van der Waals surface area contributed by atoms with Crippen LogP contribution in [0.25, 0.3) is 17.0 Å². The van der Waals surface area contributed by atoms with Crippen LogP contribution in [0.4, 0.5) is 11.4 Å². The molecule has 4 nitrogen and oxygen atoms in total. The molecule has 0 aliphatic carbocycles. The second kappa shape index (κ2) is 8.99. The van der Waals surface area contributed by atoms with Gasteiger partial charge in [-0.25, -0.2) is 4.99 Å². The Balaban J connectivity index is 1.63. The van der Waals surface area contributed by atoms with E-state index in [0.717, 1.165) is 27.6 Å². The van der Waals surface area contributed by atoms with Crippen LogP contribution in [0, 0.1) is 13.8 Å². The molecule has 3 aromatic carbocycles. The lowest BCUT2D eigenvalue weighted by Gasteiger charge is -2.16. The number of amides is 1. The molecule has 1 fully saturated rings. The van der Waals surface area contributed by atoms with Gasteiger partial charge in [-0.05, 0) is 73.1 Å². The molecule has 1 aliphatic rings. The zero-order valence-corrected chi connectivity index (χ0v) is 21.2. The van der Waals surface area contributed by atoms with Gasteiger partial charge in [-0.15, -0.1) is 0 Å². The Morgan fingerprint density at radius 1 is 0.941 bits per heavy atom. The number of hydrogen-bond donors (Lipinski definition) is 0. The second-order valence-corrected chi connectivity index (χ2v) is 10.0. The number of nitrogens with zero attached hydrogens (tertiary/aromatic N) is 3. The van der Waals surface area contributed by atoms with Crippen molar-refractivity contribution >= 4 is 74.4 Å². The summed E-state index contributed by atoms with van der Waals surface area (Å²) in [4.78, 5) is 20.6. The summed E-state index contributed by atoms with van der Waals surface area (Å²) in [5.74, 6) is -0.144. The van der Waals surface area contributed by atoms with Crippen molar-refractivity contribution in [1.82, 2.24) is 4.57 Å². The first kappa shape index (κ1) is 22.8. The lowest BCUT2D eigenvalue weighted by Crippen LogP contribution is -2.28. The number of amidine groups is 1. The maximum atomic E-state index is 13.7. The van der Waals surface area contributed by atoms with Gasteiger partial charge in [-0.3, -0.25) is 9.69 Å². The van der Waals surface area contributed by atoms with Gasteiger partial charge in [0.15, 0.2) is 5.17 Å². The standard InChI is InChI=1S/C27H21Cl2N3OS/c1-16-8-10-19(13-22(16)28)30-27-32(20-11-9-17(2)23(29)14-20)26(33)25(34-27)12-18-15-31(3)24-7-5-4-6-21(18)24/h4-15H,1-3H3/b25-12-,30-27?. The number of halogens is 2. The van der Waals surface area contributed by atoms with Gasteiger partial charge >= 0.3 is 0 Å². The van der Waals surface area contributed by atoms with Crippen molar-refractivity contribution in [3.8, 4) is 0 Å². The quantitative estimate of drug-likeness (QED) is 0.265. The van der Waals surface area contributed by atoms with Gasteiger partial charge in [0.25, 0.3) is 5.91 Å². The Kier molecular flexibility index (Phi) is 6.02. The molecule has 170 valence electrons. The van der Waals surface area contributed by atoms with E-state index in [9.17, 15) is 4.79 Å². The Hall–Kier alpha value is -2.99. The average Bonchev–Trinajstić information content (AvgIpc) is 3.29. The number of carbonyl (C=O) groups excluding carboxylic acids is 1. The minimum Gasteiger partial charge on any atom is -0.350 e. The maximum absolute atomic E-state index is 13.7. The summed E-state index contributed by atoms with van der Waals surface area (Å²) in [6, 6.07) is 19.4. The molecule has 1 amide bonds. The van der Waals surface area contributed by atoms with Gasteiger partial charge in [0.2, 0.25) is 0 Å². The number of aryl methyl sites for hydroxylation is 3. The summed E-state index contributed by atoms with van der Waals surface area (Å²) in [7, 11) is 2.00. The number of para-hydroxylation sites is 1. The van der Waals surface area contributed by atoms with Crippen LogP contribution < -0.4 is 4.90 Å². The normalized spacial score (nSPS) is 16.4. The van der Waals surface area contributed by atoms with Crippen molar-refractivity contribution in [3.63, 3.8) is 0 Å². The Bertz CT molecular complexity index is 1520. The van der Waals surface area contributed by atoms with Crippen LogP contribution in [0.15, 0.2) is 76.8 Å². The van der Waals surface area contributed by atoms with Gasteiger partial charge in [0.05, 0.1) is 16.3 Å². The van der Waals surface area contributed by atoms with Crippen molar-refractivity contribution in [1.29, 1.82) is 0 Å². The van der Waals surface area contributed by atoms with Crippen molar-refractivity contribution in [2.24, 2.45) is 12.0 Å². The lowest BCUT2D eigenvalue weighted by atomic mass is 10.1. The van der Waals surface area contributed by atoms with Crippen LogP contribution in [0.3, 0.4) is 0 Å². The van der Waals surface area contributed by atoms with Crippen LogP contribution >= 0.6 is 35.0 Å². The Morgan fingerprint density at radius 2 is 1.65 bits per heavy atom. The molecule has 0 saturated carbocycles. The van der Waals surface area contributed by atoms with Gasteiger partial charge in [-0.1, -0.05) is 53.5 Å².